The van der Waals surface area contributed by atoms with Crippen molar-refractivity contribution < 1.29 is 0 Å². The topological polar surface area (TPSA) is 82.2 Å². The number of fused-ring (bicyclic) bond motifs is 1. The van der Waals surface area contributed by atoms with Crippen molar-refractivity contribution >= 4 is 11.3 Å². The zero-order valence-corrected chi connectivity index (χ0v) is 7.64. The fraction of sp³-hybridized carbons (Fsp3) is 0.333. The number of aromatic nitrogens is 3. The number of nitrogen functional groups attached to an aromatic ring is 1. The molecule has 0 aliphatic heterocycles. The molecular formula is C9H11N5. The summed E-state index contributed by atoms with van der Waals surface area (Å²) in [5.74, 6) is 0. The molecule has 3 rings (SSSR count). The molecule has 5 nitrogen and oxygen atoms in total. The van der Waals surface area contributed by atoms with Crippen LogP contribution in [0.5, 0.6) is 0 Å². The van der Waals surface area contributed by atoms with Gasteiger partial charge < -0.3 is 11.5 Å². The highest BCUT2D eigenvalue weighted by Gasteiger charge is 2.42. The molecule has 5 heteroatoms. The molecule has 1 saturated carbocycles. The second-order valence-corrected chi connectivity index (χ2v) is 3.87. The van der Waals surface area contributed by atoms with Crippen LogP contribution in [0.15, 0.2) is 18.6 Å². The summed E-state index contributed by atoms with van der Waals surface area (Å²) in [5.41, 5.74) is 14.0. The van der Waals surface area contributed by atoms with Crippen molar-refractivity contribution in [2.24, 2.45) is 5.73 Å². The summed E-state index contributed by atoms with van der Waals surface area (Å²) < 4.78 is 1.68. The van der Waals surface area contributed by atoms with Gasteiger partial charge in [-0.2, -0.15) is 5.10 Å². The van der Waals surface area contributed by atoms with Gasteiger partial charge in [-0.3, -0.25) is 0 Å². The van der Waals surface area contributed by atoms with Crippen LogP contribution >= 0.6 is 0 Å². The summed E-state index contributed by atoms with van der Waals surface area (Å²) in [6.07, 6.45) is 7.19. The predicted molar refractivity (Wildman–Crippen MR) is 52.5 cm³/mol. The van der Waals surface area contributed by atoms with Gasteiger partial charge in [0, 0.05) is 11.1 Å². The Morgan fingerprint density at radius 1 is 1.36 bits per heavy atom. The molecule has 0 radical (unpaired) electrons. The highest BCUT2D eigenvalue weighted by atomic mass is 15.2. The molecule has 2 aromatic rings. The smallest absolute Gasteiger partial charge is 0.160 e. The Hall–Kier alpha value is -1.62. The lowest BCUT2D eigenvalue weighted by atomic mass is 10.1. The first kappa shape index (κ1) is 7.75. The molecule has 1 aliphatic carbocycles. The quantitative estimate of drug-likeness (QED) is 0.674. The summed E-state index contributed by atoms with van der Waals surface area (Å²) in [7, 11) is 0. The molecule has 2 aromatic heterocycles. The van der Waals surface area contributed by atoms with Gasteiger partial charge in [-0.15, -0.1) is 0 Å². The van der Waals surface area contributed by atoms with E-state index in [1.807, 2.05) is 0 Å². The second kappa shape index (κ2) is 2.24. The van der Waals surface area contributed by atoms with Crippen molar-refractivity contribution in [2.45, 2.75) is 18.4 Å². The maximum atomic E-state index is 6.09. The van der Waals surface area contributed by atoms with Crippen molar-refractivity contribution in [3.63, 3.8) is 0 Å². The number of nitrogens with two attached hydrogens (primary N) is 2. The van der Waals surface area contributed by atoms with Crippen LogP contribution in [0, 0.1) is 0 Å². The van der Waals surface area contributed by atoms with Gasteiger partial charge in [0.25, 0.3) is 0 Å². The van der Waals surface area contributed by atoms with E-state index in [2.05, 4.69) is 10.1 Å². The fourth-order valence-corrected chi connectivity index (χ4v) is 1.64. The largest absolute Gasteiger partial charge is 0.396 e. The number of rotatable bonds is 1. The lowest BCUT2D eigenvalue weighted by molar-refractivity contribution is 0.745. The molecule has 4 N–H and O–H groups in total. The minimum absolute atomic E-state index is 0.190. The Bertz CT molecular complexity index is 497. The maximum Gasteiger partial charge on any atom is 0.160 e. The number of hydrogen-bond donors (Lipinski definition) is 2. The van der Waals surface area contributed by atoms with Crippen molar-refractivity contribution in [2.75, 3.05) is 5.73 Å². The van der Waals surface area contributed by atoms with Gasteiger partial charge in [0.05, 0.1) is 24.3 Å². The third-order valence-electron chi connectivity index (χ3n) is 2.70. The SMILES string of the molecule is Nc1cnc2c(C3(N)CC3)cnn2c1. The van der Waals surface area contributed by atoms with Crippen molar-refractivity contribution in [3.05, 3.63) is 24.2 Å². The van der Waals surface area contributed by atoms with Crippen molar-refractivity contribution in [3.8, 4) is 0 Å². The molecule has 2 heterocycles. The summed E-state index contributed by atoms with van der Waals surface area (Å²) in [4.78, 5) is 4.24. The summed E-state index contributed by atoms with van der Waals surface area (Å²) in [5, 5.41) is 4.18. The molecule has 0 spiro atoms. The summed E-state index contributed by atoms with van der Waals surface area (Å²) in [6.45, 7) is 0. The minimum Gasteiger partial charge on any atom is -0.396 e. The van der Waals surface area contributed by atoms with E-state index >= 15 is 0 Å². The van der Waals surface area contributed by atoms with E-state index in [1.165, 1.54) is 0 Å². The average Bonchev–Trinajstić information content (AvgIpc) is 2.77. The van der Waals surface area contributed by atoms with Crippen LogP contribution in [-0.2, 0) is 5.54 Å². The van der Waals surface area contributed by atoms with E-state index < -0.39 is 0 Å². The Labute approximate surface area is 80.7 Å². The molecule has 0 bridgehead atoms. The van der Waals surface area contributed by atoms with Crippen LogP contribution in [0.2, 0.25) is 0 Å². The number of nitrogens with zero attached hydrogens (tertiary/aromatic N) is 3. The van der Waals surface area contributed by atoms with Crippen molar-refractivity contribution in [1.82, 2.24) is 14.6 Å². The minimum atomic E-state index is -0.190. The van der Waals surface area contributed by atoms with Crippen LogP contribution in [0.25, 0.3) is 5.65 Å². The van der Waals surface area contributed by atoms with Crippen LogP contribution in [-0.4, -0.2) is 14.6 Å². The lowest BCUT2D eigenvalue weighted by Crippen LogP contribution is -2.18. The standard InChI is InChI=1S/C9H11N5/c10-6-3-12-8-7(9(11)1-2-9)4-13-14(8)5-6/h3-5H,1-2,10-11H2. The molecule has 0 unspecified atom stereocenters. The van der Waals surface area contributed by atoms with Gasteiger partial charge in [0.2, 0.25) is 0 Å². The average molecular weight is 189 g/mol. The maximum absolute atomic E-state index is 6.09. The first-order chi connectivity index (χ1) is 6.69. The van der Waals surface area contributed by atoms with Crippen LogP contribution in [0.4, 0.5) is 5.69 Å². The van der Waals surface area contributed by atoms with Gasteiger partial charge in [-0.25, -0.2) is 9.50 Å². The normalized spacial score (nSPS) is 18.6. The van der Waals surface area contributed by atoms with Gasteiger partial charge in [-0.1, -0.05) is 0 Å². The first-order valence-electron chi connectivity index (χ1n) is 4.57. The Kier molecular flexibility index (Phi) is 1.24. The lowest BCUT2D eigenvalue weighted by Gasteiger charge is -2.04. The Morgan fingerprint density at radius 2 is 2.14 bits per heavy atom. The first-order valence-corrected chi connectivity index (χ1v) is 4.57. The van der Waals surface area contributed by atoms with E-state index in [0.29, 0.717) is 5.69 Å². The molecular weight excluding hydrogens is 178 g/mol. The summed E-state index contributed by atoms with van der Waals surface area (Å²) in [6, 6.07) is 0. The Morgan fingerprint density at radius 3 is 2.86 bits per heavy atom. The molecule has 14 heavy (non-hydrogen) atoms. The predicted octanol–water partition coefficient (Wildman–Crippen LogP) is 0.259. The van der Waals surface area contributed by atoms with Crippen molar-refractivity contribution in [1.29, 1.82) is 0 Å². The van der Waals surface area contributed by atoms with Crippen LogP contribution in [0.1, 0.15) is 18.4 Å². The van der Waals surface area contributed by atoms with E-state index in [0.717, 1.165) is 24.1 Å². The Balaban J connectivity index is 2.27. The number of anilines is 1. The van der Waals surface area contributed by atoms with Gasteiger partial charge in [-0.05, 0) is 12.8 Å². The second-order valence-electron chi connectivity index (χ2n) is 3.87. The highest BCUT2D eigenvalue weighted by molar-refractivity contribution is 5.54. The van der Waals surface area contributed by atoms with E-state index in [1.54, 1.807) is 23.1 Å². The van der Waals surface area contributed by atoms with Crippen LogP contribution < -0.4 is 11.5 Å². The van der Waals surface area contributed by atoms with Gasteiger partial charge in [0.1, 0.15) is 0 Å². The van der Waals surface area contributed by atoms with E-state index in [-0.39, 0.29) is 5.54 Å². The third kappa shape index (κ3) is 0.927. The monoisotopic (exact) mass is 189 g/mol. The zero-order valence-electron chi connectivity index (χ0n) is 7.64. The highest BCUT2D eigenvalue weighted by Crippen LogP contribution is 2.43. The zero-order chi connectivity index (χ0) is 9.76. The van der Waals surface area contributed by atoms with Crippen LogP contribution in [0.3, 0.4) is 0 Å². The molecule has 1 aliphatic rings. The molecule has 0 saturated heterocycles. The molecule has 0 amide bonds. The summed E-state index contributed by atoms with van der Waals surface area (Å²) >= 11 is 0. The molecule has 1 fully saturated rings. The molecule has 0 aromatic carbocycles. The third-order valence-corrected chi connectivity index (χ3v) is 2.70. The van der Waals surface area contributed by atoms with E-state index in [4.69, 9.17) is 11.5 Å². The molecule has 0 atom stereocenters. The van der Waals surface area contributed by atoms with Gasteiger partial charge >= 0.3 is 0 Å². The van der Waals surface area contributed by atoms with Gasteiger partial charge in [0.15, 0.2) is 5.65 Å². The fourth-order valence-electron chi connectivity index (χ4n) is 1.64. The number of hydrogen-bond acceptors (Lipinski definition) is 4. The van der Waals surface area contributed by atoms with E-state index in [9.17, 15) is 0 Å². The molecule has 72 valence electrons.